The largest absolute Gasteiger partial charge is 0.481 e. The van der Waals surface area contributed by atoms with Gasteiger partial charge in [-0.15, -0.1) is 0 Å². The molecule has 0 amide bonds. The molecule has 0 bridgehead atoms. The molecule has 1 atom stereocenters. The maximum Gasteiger partial charge on any atom is 0.320 e. The van der Waals surface area contributed by atoms with Gasteiger partial charge in [-0.3, -0.25) is 24.5 Å². The lowest BCUT2D eigenvalue weighted by atomic mass is 9.97. The zero-order valence-corrected chi connectivity index (χ0v) is 20.1. The predicted molar refractivity (Wildman–Crippen MR) is 131 cm³/mol. The van der Waals surface area contributed by atoms with Crippen LogP contribution in [0, 0.1) is 16.0 Å². The highest BCUT2D eigenvalue weighted by atomic mass is 16.6. The molecular weight excluding hydrogens is 444 g/mol. The first-order valence-corrected chi connectivity index (χ1v) is 11.3. The number of nitro groups is 1. The number of rotatable bonds is 8. The van der Waals surface area contributed by atoms with Crippen LogP contribution in [-0.2, 0) is 9.59 Å². The van der Waals surface area contributed by atoms with Crippen LogP contribution >= 0.6 is 0 Å². The van der Waals surface area contributed by atoms with E-state index in [1.165, 1.54) is 56.4 Å². The summed E-state index contributed by atoms with van der Waals surface area (Å²) in [5.74, 6) is -1.91. The lowest BCUT2D eigenvalue weighted by molar-refractivity contribution is -0.384. The van der Waals surface area contributed by atoms with E-state index in [1.54, 1.807) is 13.8 Å². The van der Waals surface area contributed by atoms with Gasteiger partial charge in [0.2, 0.25) is 0 Å². The molecule has 0 aromatic heterocycles. The van der Waals surface area contributed by atoms with Gasteiger partial charge in [0.15, 0.2) is 0 Å². The number of unbranched alkanes of at least 4 members (excludes halogenated alkanes) is 1. The van der Waals surface area contributed by atoms with Crippen molar-refractivity contribution in [2.75, 3.05) is 6.54 Å². The summed E-state index contributed by atoms with van der Waals surface area (Å²) in [5.41, 5.74) is 16.5. The van der Waals surface area contributed by atoms with E-state index in [0.29, 0.717) is 30.9 Å². The van der Waals surface area contributed by atoms with Crippen molar-refractivity contribution in [3.05, 3.63) is 39.9 Å². The minimum atomic E-state index is -0.933. The zero-order valence-electron chi connectivity index (χ0n) is 20.1. The van der Waals surface area contributed by atoms with Gasteiger partial charge in [0.05, 0.1) is 10.8 Å². The molecule has 1 saturated carbocycles. The number of carboxylic acids is 2. The van der Waals surface area contributed by atoms with Gasteiger partial charge < -0.3 is 27.4 Å². The summed E-state index contributed by atoms with van der Waals surface area (Å²) in [5, 5.41) is 26.4. The number of carbonyl (C=O) groups is 3. The van der Waals surface area contributed by atoms with Crippen LogP contribution in [-0.4, -0.2) is 52.0 Å². The first-order chi connectivity index (χ1) is 16.0. The Labute approximate surface area is 200 Å². The average molecular weight is 485 g/mol. The van der Waals surface area contributed by atoms with E-state index in [0.717, 1.165) is 12.8 Å². The van der Waals surface area contributed by atoms with Crippen molar-refractivity contribution < 1.29 is 29.5 Å². The molecule has 11 nitrogen and oxygen atoms in total. The maximum atomic E-state index is 10.1. The number of benzene rings is 1. The Balaban J connectivity index is 0. The van der Waals surface area contributed by atoms with Crippen LogP contribution in [0.15, 0.2) is 24.3 Å². The summed E-state index contributed by atoms with van der Waals surface area (Å²) >= 11 is 0. The summed E-state index contributed by atoms with van der Waals surface area (Å²) in [6.07, 6.45) is 9.47. The molecule has 1 aliphatic rings. The number of non-ortho nitro benzene ring substituents is 1. The average Bonchev–Trinajstić information content (AvgIpc) is 2.80. The Morgan fingerprint density at radius 2 is 1.59 bits per heavy atom. The highest BCUT2D eigenvalue weighted by Gasteiger charge is 2.09. The monoisotopic (exact) mass is 484 g/mol. The Morgan fingerprint density at radius 1 is 1.09 bits per heavy atom. The highest BCUT2D eigenvalue weighted by Crippen LogP contribution is 2.14. The van der Waals surface area contributed by atoms with E-state index in [2.05, 4.69) is 0 Å². The normalized spacial score (nSPS) is 13.6. The van der Waals surface area contributed by atoms with E-state index in [1.807, 2.05) is 0 Å². The quantitative estimate of drug-likeness (QED) is 0.157. The number of nitrogens with two attached hydrogens (primary N) is 3. The first-order valence-electron chi connectivity index (χ1n) is 11.3. The summed E-state index contributed by atoms with van der Waals surface area (Å²) < 4.78 is 0. The van der Waals surface area contributed by atoms with E-state index < -0.39 is 22.9 Å². The number of hydrogen-bond acceptors (Lipinski definition) is 8. The van der Waals surface area contributed by atoms with Gasteiger partial charge in [-0.05, 0) is 44.4 Å². The van der Waals surface area contributed by atoms with Crippen LogP contribution in [0.5, 0.6) is 0 Å². The predicted octanol–water partition coefficient (Wildman–Crippen LogP) is 2.94. The number of hydrogen-bond donors (Lipinski definition) is 5. The van der Waals surface area contributed by atoms with Crippen molar-refractivity contribution in [2.24, 2.45) is 23.1 Å². The second-order valence-electron chi connectivity index (χ2n) is 8.09. The van der Waals surface area contributed by atoms with Crippen LogP contribution in [0.25, 0.3) is 0 Å². The van der Waals surface area contributed by atoms with E-state index in [-0.39, 0.29) is 11.6 Å². The van der Waals surface area contributed by atoms with Gasteiger partial charge >= 0.3 is 11.9 Å². The molecule has 2 rings (SSSR count). The third-order valence-electron chi connectivity index (χ3n) is 4.67. The summed E-state index contributed by atoms with van der Waals surface area (Å²) in [6.45, 7) is 3.89. The zero-order chi connectivity index (χ0) is 26.5. The first kappa shape index (κ1) is 33.3. The standard InChI is InChI=1S/C7H5NO3.C6H14N2O2.C6H13N.C4H8O2/c9-5-6-1-3-7(4-2-6)8(10)11;7-4-2-1-3-5(8)6(9)10;7-6-4-2-1-3-5-6;1-3(2)4(5)6/h1-5H;5H,1-4,7-8H2,(H,9,10);6H,1-5,7H2;3H,1-2H3,(H,5,6)/t;5-;;/m.0../s1. The topological polar surface area (TPSA) is 213 Å². The molecule has 8 N–H and O–H groups in total. The molecule has 11 heteroatoms. The van der Waals surface area contributed by atoms with E-state index in [9.17, 15) is 24.5 Å². The van der Waals surface area contributed by atoms with Gasteiger partial charge in [-0.1, -0.05) is 39.5 Å². The van der Waals surface area contributed by atoms with Crippen molar-refractivity contribution in [2.45, 2.75) is 77.3 Å². The van der Waals surface area contributed by atoms with Gasteiger partial charge in [0.25, 0.3) is 5.69 Å². The highest BCUT2D eigenvalue weighted by molar-refractivity contribution is 5.75. The second-order valence-corrected chi connectivity index (χ2v) is 8.09. The minimum absolute atomic E-state index is 0.00407. The lowest BCUT2D eigenvalue weighted by Crippen LogP contribution is -2.29. The number of nitrogens with zero attached hydrogens (tertiary/aromatic N) is 1. The van der Waals surface area contributed by atoms with Crippen LogP contribution in [0.1, 0.15) is 75.6 Å². The third kappa shape index (κ3) is 19.8. The molecule has 0 aliphatic heterocycles. The van der Waals surface area contributed by atoms with Crippen LogP contribution in [0.4, 0.5) is 5.69 Å². The van der Waals surface area contributed by atoms with Crippen molar-refractivity contribution in [3.8, 4) is 0 Å². The number of aldehydes is 1. The molecule has 0 spiro atoms. The molecule has 194 valence electrons. The van der Waals surface area contributed by atoms with Crippen LogP contribution < -0.4 is 17.2 Å². The molecule has 0 radical (unpaired) electrons. The Bertz CT molecular complexity index is 706. The van der Waals surface area contributed by atoms with Gasteiger partial charge in [-0.2, -0.15) is 0 Å². The van der Waals surface area contributed by atoms with Crippen LogP contribution in [0.3, 0.4) is 0 Å². The smallest absolute Gasteiger partial charge is 0.320 e. The fraction of sp³-hybridized carbons (Fsp3) is 0.609. The summed E-state index contributed by atoms with van der Waals surface area (Å²) in [6, 6.07) is 5.23. The third-order valence-corrected chi connectivity index (χ3v) is 4.67. The summed E-state index contributed by atoms with van der Waals surface area (Å²) in [4.78, 5) is 39.6. The fourth-order valence-corrected chi connectivity index (χ4v) is 2.44. The van der Waals surface area contributed by atoms with Crippen molar-refractivity contribution >= 4 is 23.9 Å². The number of carboxylic acid groups (broad SMARTS) is 2. The van der Waals surface area contributed by atoms with Gasteiger partial charge in [0, 0.05) is 23.7 Å². The molecule has 1 aromatic rings. The number of nitro benzene ring substituents is 1. The molecule has 0 heterocycles. The minimum Gasteiger partial charge on any atom is -0.481 e. The summed E-state index contributed by atoms with van der Waals surface area (Å²) in [7, 11) is 0. The fourth-order valence-electron chi connectivity index (χ4n) is 2.44. The Morgan fingerprint density at radius 3 is 1.88 bits per heavy atom. The van der Waals surface area contributed by atoms with Crippen molar-refractivity contribution in [1.82, 2.24) is 0 Å². The lowest BCUT2D eigenvalue weighted by Gasteiger charge is -2.15. The molecule has 34 heavy (non-hydrogen) atoms. The second kappa shape index (κ2) is 20.7. The Hall–Kier alpha value is -2.89. The van der Waals surface area contributed by atoms with Gasteiger partial charge in [0.1, 0.15) is 12.3 Å². The van der Waals surface area contributed by atoms with Crippen molar-refractivity contribution in [3.63, 3.8) is 0 Å². The molecule has 1 aromatic carbocycles. The van der Waals surface area contributed by atoms with Crippen molar-refractivity contribution in [1.29, 1.82) is 0 Å². The molecular formula is C23H40N4O7. The Kier molecular flexibility index (Phi) is 20.3. The number of aliphatic carboxylic acids is 2. The molecule has 0 saturated heterocycles. The molecule has 1 aliphatic carbocycles. The van der Waals surface area contributed by atoms with E-state index >= 15 is 0 Å². The maximum absolute atomic E-state index is 10.1. The molecule has 0 unspecified atom stereocenters. The number of carbonyl (C=O) groups excluding carboxylic acids is 1. The van der Waals surface area contributed by atoms with E-state index in [4.69, 9.17) is 27.4 Å². The SMILES string of the molecule is CC(C)C(=O)O.NC1CCCCC1.NCCCC[C@H](N)C(=O)O.O=Cc1ccc([N+](=O)[O-])cc1. The van der Waals surface area contributed by atoms with Crippen LogP contribution in [0.2, 0.25) is 0 Å². The van der Waals surface area contributed by atoms with Gasteiger partial charge in [-0.25, -0.2) is 0 Å². The molecule has 1 fully saturated rings.